The first kappa shape index (κ1) is 12.6. The van der Waals surface area contributed by atoms with Gasteiger partial charge in [-0.15, -0.1) is 0 Å². The topological polar surface area (TPSA) is 91.2 Å². The molecule has 0 fully saturated rings. The van der Waals surface area contributed by atoms with Crippen LogP contribution in [0.15, 0.2) is 36.5 Å². The maximum atomic E-state index is 11.3. The molecule has 92 valence electrons. The molecule has 5 nitrogen and oxygen atoms in total. The highest BCUT2D eigenvalue weighted by Gasteiger charge is 2.13. The highest BCUT2D eigenvalue weighted by atomic mass is 127. The van der Waals surface area contributed by atoms with Crippen LogP contribution in [0.25, 0.3) is 0 Å². The zero-order chi connectivity index (χ0) is 13.1. The van der Waals surface area contributed by atoms with Gasteiger partial charge >= 0.3 is 0 Å². The van der Waals surface area contributed by atoms with Crippen LogP contribution >= 0.6 is 22.6 Å². The molecule has 0 atom stereocenters. The summed E-state index contributed by atoms with van der Waals surface area (Å²) in [5.41, 5.74) is 11.3. The first-order valence-electron chi connectivity index (χ1n) is 5.05. The molecule has 0 aliphatic carbocycles. The summed E-state index contributed by atoms with van der Waals surface area (Å²) in [7, 11) is 0. The van der Waals surface area contributed by atoms with Crippen molar-refractivity contribution >= 4 is 34.2 Å². The van der Waals surface area contributed by atoms with Crippen molar-refractivity contribution in [3.63, 3.8) is 0 Å². The largest absolute Gasteiger partial charge is 0.437 e. The van der Waals surface area contributed by atoms with Crippen molar-refractivity contribution in [1.29, 1.82) is 0 Å². The molecule has 0 aliphatic heterocycles. The van der Waals surface area contributed by atoms with Gasteiger partial charge in [-0.3, -0.25) is 4.79 Å². The normalized spacial score (nSPS) is 10.1. The van der Waals surface area contributed by atoms with Gasteiger partial charge in [-0.25, -0.2) is 4.98 Å². The number of hydrogen-bond acceptors (Lipinski definition) is 4. The number of pyridine rings is 1. The molecule has 6 heteroatoms. The molecule has 1 aromatic carbocycles. The van der Waals surface area contributed by atoms with Crippen molar-refractivity contribution in [2.24, 2.45) is 5.73 Å². The maximum absolute atomic E-state index is 11.3. The fraction of sp³-hybridized carbons (Fsp3) is 0. The number of anilines is 1. The van der Waals surface area contributed by atoms with Crippen LogP contribution in [0.3, 0.4) is 0 Å². The van der Waals surface area contributed by atoms with E-state index in [-0.39, 0.29) is 11.4 Å². The van der Waals surface area contributed by atoms with E-state index in [1.165, 1.54) is 12.3 Å². The number of rotatable bonds is 3. The molecular weight excluding hydrogens is 345 g/mol. The van der Waals surface area contributed by atoms with Gasteiger partial charge in [-0.2, -0.15) is 0 Å². The standard InChI is InChI=1S/C12H10IN3O2/c13-9-3-1-2-4-10(9)18-12-8(11(15)17)5-7(14)6-16-12/h1-6H,14H2,(H2,15,17). The second-order valence-corrected chi connectivity index (χ2v) is 4.68. The average Bonchev–Trinajstić information content (AvgIpc) is 2.34. The van der Waals surface area contributed by atoms with Crippen molar-refractivity contribution in [3.8, 4) is 11.6 Å². The van der Waals surface area contributed by atoms with Crippen LogP contribution in [0.4, 0.5) is 5.69 Å². The third kappa shape index (κ3) is 2.70. The van der Waals surface area contributed by atoms with Crippen molar-refractivity contribution in [2.75, 3.05) is 5.73 Å². The van der Waals surface area contributed by atoms with E-state index in [4.69, 9.17) is 16.2 Å². The smallest absolute Gasteiger partial charge is 0.254 e. The summed E-state index contributed by atoms with van der Waals surface area (Å²) in [6.45, 7) is 0. The number of primary amides is 1. The number of nitrogen functional groups attached to an aromatic ring is 1. The van der Waals surface area contributed by atoms with Crippen LogP contribution in [0.5, 0.6) is 11.6 Å². The molecule has 0 saturated carbocycles. The molecule has 2 rings (SSSR count). The third-order valence-corrected chi connectivity index (χ3v) is 3.07. The van der Waals surface area contributed by atoms with Gasteiger partial charge in [0.1, 0.15) is 11.3 Å². The van der Waals surface area contributed by atoms with E-state index >= 15 is 0 Å². The van der Waals surface area contributed by atoms with Gasteiger partial charge in [-0.05, 0) is 40.8 Å². The second kappa shape index (κ2) is 5.21. The van der Waals surface area contributed by atoms with Crippen LogP contribution < -0.4 is 16.2 Å². The molecule has 4 N–H and O–H groups in total. The van der Waals surface area contributed by atoms with Crippen molar-refractivity contribution in [1.82, 2.24) is 4.98 Å². The number of hydrogen-bond donors (Lipinski definition) is 2. The van der Waals surface area contributed by atoms with Crippen molar-refractivity contribution in [2.45, 2.75) is 0 Å². The van der Waals surface area contributed by atoms with Gasteiger partial charge in [0, 0.05) is 0 Å². The third-order valence-electron chi connectivity index (χ3n) is 2.18. The second-order valence-electron chi connectivity index (χ2n) is 3.52. The molecule has 0 saturated heterocycles. The Labute approximate surface area is 117 Å². The lowest BCUT2D eigenvalue weighted by atomic mass is 10.2. The molecule has 0 unspecified atom stereocenters. The average molecular weight is 355 g/mol. The predicted molar refractivity (Wildman–Crippen MR) is 76.4 cm³/mol. The molecule has 1 aromatic heterocycles. The molecule has 0 spiro atoms. The van der Waals surface area contributed by atoms with Crippen molar-refractivity contribution in [3.05, 3.63) is 45.7 Å². The van der Waals surface area contributed by atoms with Gasteiger partial charge in [-0.1, -0.05) is 12.1 Å². The van der Waals surface area contributed by atoms with Crippen LogP contribution in [-0.4, -0.2) is 10.9 Å². The number of aromatic nitrogens is 1. The highest BCUT2D eigenvalue weighted by molar-refractivity contribution is 14.1. The minimum atomic E-state index is -0.629. The Morgan fingerprint density at radius 1 is 1.33 bits per heavy atom. The van der Waals surface area contributed by atoms with E-state index in [9.17, 15) is 4.79 Å². The Kier molecular flexibility index (Phi) is 3.66. The molecule has 0 bridgehead atoms. The number of carbonyl (C=O) groups is 1. The number of nitrogens with zero attached hydrogens (tertiary/aromatic N) is 1. The highest BCUT2D eigenvalue weighted by Crippen LogP contribution is 2.27. The minimum absolute atomic E-state index is 0.154. The number of ether oxygens (including phenoxy) is 1. The zero-order valence-corrected chi connectivity index (χ0v) is 11.4. The molecule has 2 aromatic rings. The predicted octanol–water partition coefficient (Wildman–Crippen LogP) is 2.16. The summed E-state index contributed by atoms with van der Waals surface area (Å²) in [6, 6.07) is 8.83. The number of nitrogens with two attached hydrogens (primary N) is 2. The van der Waals surface area contributed by atoms with Crippen LogP contribution in [-0.2, 0) is 0 Å². The van der Waals surface area contributed by atoms with Crippen LogP contribution in [0.1, 0.15) is 10.4 Å². The lowest BCUT2D eigenvalue weighted by molar-refractivity contribution is 0.0997. The van der Waals surface area contributed by atoms with Gasteiger partial charge in [0.15, 0.2) is 0 Å². The molecule has 18 heavy (non-hydrogen) atoms. The van der Waals surface area contributed by atoms with E-state index in [2.05, 4.69) is 27.6 Å². The van der Waals surface area contributed by atoms with Crippen LogP contribution in [0.2, 0.25) is 0 Å². The fourth-order valence-electron chi connectivity index (χ4n) is 1.36. The number of para-hydroxylation sites is 1. The van der Waals surface area contributed by atoms with Crippen LogP contribution in [0, 0.1) is 3.57 Å². The SMILES string of the molecule is NC(=O)c1cc(N)cnc1Oc1ccccc1I. The fourth-order valence-corrected chi connectivity index (χ4v) is 1.86. The summed E-state index contributed by atoms with van der Waals surface area (Å²) < 4.78 is 6.49. The monoisotopic (exact) mass is 355 g/mol. The molecule has 0 radical (unpaired) electrons. The summed E-state index contributed by atoms with van der Waals surface area (Å²) >= 11 is 2.13. The van der Waals surface area contributed by atoms with E-state index in [0.29, 0.717) is 11.4 Å². The number of amides is 1. The number of carbonyl (C=O) groups excluding carboxylic acids is 1. The number of benzene rings is 1. The summed E-state index contributed by atoms with van der Waals surface area (Å²) in [6.07, 6.45) is 1.41. The van der Waals surface area contributed by atoms with E-state index in [1.807, 2.05) is 18.2 Å². The van der Waals surface area contributed by atoms with Crippen molar-refractivity contribution < 1.29 is 9.53 Å². The van der Waals surface area contributed by atoms with Gasteiger partial charge in [0.2, 0.25) is 5.88 Å². The lowest BCUT2D eigenvalue weighted by Gasteiger charge is -2.09. The molecule has 0 aliphatic rings. The van der Waals surface area contributed by atoms with Gasteiger partial charge < -0.3 is 16.2 Å². The Bertz CT molecular complexity index is 602. The molecular formula is C12H10IN3O2. The van der Waals surface area contributed by atoms with E-state index < -0.39 is 5.91 Å². The van der Waals surface area contributed by atoms with Gasteiger partial charge in [0.05, 0.1) is 15.5 Å². The maximum Gasteiger partial charge on any atom is 0.254 e. The summed E-state index contributed by atoms with van der Waals surface area (Å²) in [4.78, 5) is 15.3. The number of halogens is 1. The Morgan fingerprint density at radius 2 is 2.06 bits per heavy atom. The Hall–Kier alpha value is -1.83. The van der Waals surface area contributed by atoms with Gasteiger partial charge in [0.25, 0.3) is 5.91 Å². The summed E-state index contributed by atoms with van der Waals surface area (Å²) in [5.74, 6) is 0.134. The lowest BCUT2D eigenvalue weighted by Crippen LogP contribution is -2.13. The summed E-state index contributed by atoms with van der Waals surface area (Å²) in [5, 5.41) is 0. The van der Waals surface area contributed by atoms with E-state index in [1.54, 1.807) is 6.07 Å². The molecule has 1 heterocycles. The quantitative estimate of drug-likeness (QED) is 0.826. The first-order chi connectivity index (χ1) is 8.58. The molecule has 1 amide bonds. The first-order valence-corrected chi connectivity index (χ1v) is 6.13. The zero-order valence-electron chi connectivity index (χ0n) is 9.26. The van der Waals surface area contributed by atoms with E-state index in [0.717, 1.165) is 3.57 Å². The Morgan fingerprint density at radius 3 is 2.72 bits per heavy atom. The Balaban J connectivity index is 2.41. The minimum Gasteiger partial charge on any atom is -0.437 e.